The van der Waals surface area contributed by atoms with E-state index in [0.717, 1.165) is 22.5 Å². The first-order chi connectivity index (χ1) is 21.0. The van der Waals surface area contributed by atoms with Gasteiger partial charge in [-0.25, -0.2) is 9.78 Å². The molecular weight excluding hydrogens is 630 g/mol. The van der Waals surface area contributed by atoms with E-state index in [1.165, 1.54) is 25.5 Å². The Morgan fingerprint density at radius 1 is 1.11 bits per heavy atom. The Morgan fingerprint density at radius 2 is 1.73 bits per heavy atom. The third kappa shape index (κ3) is 8.27. The third-order valence-corrected chi connectivity index (χ3v) is 8.16. The van der Waals surface area contributed by atoms with Gasteiger partial charge in [-0.1, -0.05) is 65.8 Å². The van der Waals surface area contributed by atoms with E-state index in [2.05, 4.69) is 26.1 Å². The molecule has 3 atom stereocenters. The van der Waals surface area contributed by atoms with Crippen molar-refractivity contribution < 1.29 is 33.0 Å². The van der Waals surface area contributed by atoms with Crippen LogP contribution in [0.2, 0.25) is 0 Å². The Labute approximate surface area is 265 Å². The smallest absolute Gasteiger partial charge is 0.353 e. The quantitative estimate of drug-likeness (QED) is 0.0828. The summed E-state index contributed by atoms with van der Waals surface area (Å²) in [6.07, 6.45) is 0.737. The van der Waals surface area contributed by atoms with Gasteiger partial charge in [0.05, 0.1) is 6.04 Å². The minimum atomic E-state index is -1.69. The van der Waals surface area contributed by atoms with Crippen molar-refractivity contribution in [2.24, 2.45) is 5.16 Å². The molecule has 232 valence electrons. The number of alkyl halides is 1. The molecule has 0 aliphatic carbocycles. The summed E-state index contributed by atoms with van der Waals surface area (Å²) in [6.45, 7) is 2.86. The molecule has 3 N–H and O–H groups in total. The number of carbonyl (C=O) groups is 4. The SMILES string of the molecule is CS(=O)C[C@@H]1NC(=O)[C@@H]1NC(=O)/C(=N\OC(C)(C)C(=O)OC(c1ccccc1)c1ccccc1)c1csc(NC(=O)CCl)n1. The molecule has 1 fully saturated rings. The molecule has 0 saturated carbocycles. The third-order valence-electron chi connectivity index (χ3n) is 6.33. The average Bonchev–Trinajstić information content (AvgIpc) is 3.46. The first-order valence-corrected chi connectivity index (χ1v) is 16.4. The number of halogens is 1. The van der Waals surface area contributed by atoms with E-state index in [4.69, 9.17) is 21.2 Å². The molecule has 1 saturated heterocycles. The standard InChI is InChI=1S/C29H30ClN5O7S2/c1-29(2,27(39)41-24(17-10-6-4-7-11-17)18-12-8-5-9-13-18)42-35-23(19-15-43-28(32-19)33-21(36)14-30)26(38)34-22-20(16-44(3)40)31-25(22)37/h4-13,15,20,22,24H,14,16H2,1-3H3,(H,31,37)(H,34,38)(H,32,33,36)/b35-23-/t20-,22+,44?/m0/s1. The molecule has 15 heteroatoms. The van der Waals surface area contributed by atoms with E-state index in [1.807, 2.05) is 60.7 Å². The Balaban J connectivity index is 1.58. The number of thiazole rings is 1. The van der Waals surface area contributed by atoms with E-state index >= 15 is 0 Å². The molecule has 3 amide bonds. The molecule has 2 aromatic carbocycles. The van der Waals surface area contributed by atoms with Crippen LogP contribution in [0, 0.1) is 0 Å². The van der Waals surface area contributed by atoms with E-state index in [0.29, 0.717) is 0 Å². The molecule has 1 aliphatic heterocycles. The highest BCUT2D eigenvalue weighted by atomic mass is 35.5. The molecule has 0 spiro atoms. The van der Waals surface area contributed by atoms with Gasteiger partial charge in [0, 0.05) is 28.2 Å². The summed E-state index contributed by atoms with van der Waals surface area (Å²) >= 11 is 6.56. The lowest BCUT2D eigenvalue weighted by molar-refractivity contribution is -0.172. The zero-order valence-electron chi connectivity index (χ0n) is 23.9. The van der Waals surface area contributed by atoms with Crippen LogP contribution >= 0.6 is 22.9 Å². The second-order valence-electron chi connectivity index (χ2n) is 10.2. The molecule has 0 bridgehead atoms. The number of aromatic nitrogens is 1. The second kappa shape index (κ2) is 14.6. The largest absolute Gasteiger partial charge is 0.450 e. The number of oxime groups is 1. The fourth-order valence-corrected chi connectivity index (χ4v) is 5.60. The van der Waals surface area contributed by atoms with Crippen LogP contribution in [0.1, 0.15) is 36.8 Å². The minimum Gasteiger partial charge on any atom is -0.450 e. The van der Waals surface area contributed by atoms with Crippen molar-refractivity contribution in [1.82, 2.24) is 15.6 Å². The van der Waals surface area contributed by atoms with Crippen LogP contribution < -0.4 is 16.0 Å². The maximum Gasteiger partial charge on any atom is 0.353 e. The second-order valence-corrected chi connectivity index (χ2v) is 12.8. The number of hydrogen-bond acceptors (Lipinski definition) is 10. The Kier molecular flexibility index (Phi) is 10.8. The summed E-state index contributed by atoms with van der Waals surface area (Å²) in [6, 6.07) is 16.8. The van der Waals surface area contributed by atoms with Gasteiger partial charge in [-0.3, -0.25) is 18.6 Å². The zero-order chi connectivity index (χ0) is 31.9. The fraction of sp³-hybridized carbons (Fsp3) is 0.310. The van der Waals surface area contributed by atoms with Gasteiger partial charge in [0.2, 0.25) is 17.4 Å². The summed E-state index contributed by atoms with van der Waals surface area (Å²) in [4.78, 5) is 60.6. The fourth-order valence-electron chi connectivity index (χ4n) is 4.04. The van der Waals surface area contributed by atoms with Gasteiger partial charge in [-0.05, 0) is 25.0 Å². The van der Waals surface area contributed by atoms with Gasteiger partial charge in [0.1, 0.15) is 17.6 Å². The van der Waals surface area contributed by atoms with Gasteiger partial charge in [0.25, 0.3) is 5.91 Å². The maximum atomic E-state index is 13.4. The van der Waals surface area contributed by atoms with Crippen LogP contribution in [0.15, 0.2) is 71.2 Å². The number of esters is 1. The van der Waals surface area contributed by atoms with Crippen LogP contribution in [-0.4, -0.2) is 74.2 Å². The maximum absolute atomic E-state index is 13.4. The number of rotatable bonds is 13. The van der Waals surface area contributed by atoms with Crippen LogP contribution in [0.5, 0.6) is 0 Å². The molecule has 3 aromatic rings. The van der Waals surface area contributed by atoms with Crippen LogP contribution in [0.3, 0.4) is 0 Å². The predicted molar refractivity (Wildman–Crippen MR) is 167 cm³/mol. The molecule has 1 aromatic heterocycles. The van der Waals surface area contributed by atoms with Crippen LogP contribution in [0.25, 0.3) is 0 Å². The van der Waals surface area contributed by atoms with E-state index in [-0.39, 0.29) is 28.2 Å². The van der Waals surface area contributed by atoms with Crippen molar-refractivity contribution in [3.63, 3.8) is 0 Å². The number of hydrogen-bond donors (Lipinski definition) is 3. The molecular formula is C29H30ClN5O7S2. The van der Waals surface area contributed by atoms with Crippen LogP contribution in [-0.2, 0) is 39.6 Å². The molecule has 12 nitrogen and oxygen atoms in total. The monoisotopic (exact) mass is 659 g/mol. The van der Waals surface area contributed by atoms with Crippen molar-refractivity contribution >= 4 is 68.3 Å². The van der Waals surface area contributed by atoms with E-state index in [1.54, 1.807) is 0 Å². The van der Waals surface area contributed by atoms with Gasteiger partial charge in [0.15, 0.2) is 16.9 Å². The highest BCUT2D eigenvalue weighted by Gasteiger charge is 2.42. The van der Waals surface area contributed by atoms with Crippen molar-refractivity contribution in [3.8, 4) is 0 Å². The lowest BCUT2D eigenvalue weighted by Gasteiger charge is -2.36. The summed E-state index contributed by atoms with van der Waals surface area (Å²) < 4.78 is 17.6. The first kappa shape index (κ1) is 32.8. The van der Waals surface area contributed by atoms with Crippen molar-refractivity contribution in [2.45, 2.75) is 37.6 Å². The average molecular weight is 660 g/mol. The predicted octanol–water partition coefficient (Wildman–Crippen LogP) is 2.51. The van der Waals surface area contributed by atoms with Crippen molar-refractivity contribution in [3.05, 3.63) is 82.9 Å². The minimum absolute atomic E-state index is 0.00309. The normalized spacial score (nSPS) is 17.2. The van der Waals surface area contributed by atoms with E-state index in [9.17, 15) is 23.4 Å². The number of β-lactam (4-membered cyclic amide) rings is 1. The Morgan fingerprint density at radius 3 is 2.27 bits per heavy atom. The highest BCUT2D eigenvalue weighted by molar-refractivity contribution is 7.84. The summed E-state index contributed by atoms with van der Waals surface area (Å²) in [5, 5.41) is 13.2. The number of anilines is 1. The highest BCUT2D eigenvalue weighted by Crippen LogP contribution is 2.28. The molecule has 1 unspecified atom stereocenters. The van der Waals surface area contributed by atoms with Crippen LogP contribution in [0.4, 0.5) is 5.13 Å². The first-order valence-electron chi connectivity index (χ1n) is 13.3. The zero-order valence-corrected chi connectivity index (χ0v) is 26.3. The summed E-state index contributed by atoms with van der Waals surface area (Å²) in [5.41, 5.74) is -0.576. The van der Waals surface area contributed by atoms with Gasteiger partial charge >= 0.3 is 5.97 Å². The lowest BCUT2D eigenvalue weighted by atomic mass is 10.0. The summed E-state index contributed by atoms with van der Waals surface area (Å²) in [5.74, 6) is -2.75. The van der Waals surface area contributed by atoms with Gasteiger partial charge in [-0.15, -0.1) is 22.9 Å². The number of amides is 3. The van der Waals surface area contributed by atoms with Crippen molar-refractivity contribution in [2.75, 3.05) is 23.2 Å². The number of ether oxygens (including phenoxy) is 1. The number of benzene rings is 2. The van der Waals surface area contributed by atoms with Gasteiger partial charge in [-0.2, -0.15) is 0 Å². The Bertz CT molecular complexity index is 1530. The lowest BCUT2D eigenvalue weighted by Crippen LogP contribution is -2.71. The Hall–Kier alpha value is -4.14. The summed E-state index contributed by atoms with van der Waals surface area (Å²) in [7, 11) is -1.23. The molecule has 1 aliphatic rings. The molecule has 2 heterocycles. The number of nitrogens with zero attached hydrogens (tertiary/aromatic N) is 2. The molecule has 44 heavy (non-hydrogen) atoms. The van der Waals surface area contributed by atoms with Crippen molar-refractivity contribution in [1.29, 1.82) is 0 Å². The number of nitrogens with one attached hydrogen (secondary N) is 3. The van der Waals surface area contributed by atoms with Gasteiger partial charge < -0.3 is 25.5 Å². The molecule has 0 radical (unpaired) electrons. The molecule has 4 rings (SSSR count). The van der Waals surface area contributed by atoms with E-state index < -0.39 is 58.3 Å². The topological polar surface area (TPSA) is 165 Å². The number of carbonyl (C=O) groups excluding carboxylic acids is 4.